The van der Waals surface area contributed by atoms with Gasteiger partial charge in [-0.1, -0.05) is 25.5 Å². The average Bonchev–Trinajstić information content (AvgIpc) is 3.30. The third-order valence-electron chi connectivity index (χ3n) is 9.98. The summed E-state index contributed by atoms with van der Waals surface area (Å²) in [4.78, 5) is 24.3. The first kappa shape index (κ1) is 17.8. The van der Waals surface area contributed by atoms with E-state index in [2.05, 4.69) is 26.2 Å². The molecule has 4 saturated carbocycles. The molecule has 0 amide bonds. The Labute approximate surface area is 171 Å². The Morgan fingerprint density at radius 3 is 2.71 bits per heavy atom. The minimum absolute atomic E-state index is 0.0264. The Morgan fingerprint density at radius 2 is 2.00 bits per heavy atom. The summed E-state index contributed by atoms with van der Waals surface area (Å²) in [6.07, 6.45) is 14.4. The van der Waals surface area contributed by atoms with Crippen molar-refractivity contribution in [2.45, 2.75) is 63.2 Å². The fraction of sp³-hybridized carbons (Fsp3) is 0.750. The predicted octanol–water partition coefficient (Wildman–Crippen LogP) is 4.57. The highest BCUT2D eigenvalue weighted by Gasteiger charge is 2.79. The summed E-state index contributed by atoms with van der Waals surface area (Å²) < 4.78 is 6.21. The van der Waals surface area contributed by atoms with Crippen LogP contribution in [0.5, 0.6) is 0 Å². The molecule has 1 spiro atoms. The summed E-state index contributed by atoms with van der Waals surface area (Å²) in [5, 5.41) is 0.571. The molecule has 6 rings (SSSR count). The molecule has 4 heteroatoms. The van der Waals surface area contributed by atoms with E-state index in [4.69, 9.17) is 4.74 Å². The Morgan fingerprint density at radius 1 is 1.18 bits per heavy atom. The maximum absolute atomic E-state index is 12.2. The fourth-order valence-electron chi connectivity index (χ4n) is 8.73. The molecular weight excluding hydrogens is 368 g/mol. The summed E-state index contributed by atoms with van der Waals surface area (Å²) in [6.45, 7) is 4.84. The number of hydrogen-bond donors (Lipinski definition) is 0. The van der Waals surface area contributed by atoms with Crippen LogP contribution >= 0.6 is 11.8 Å². The van der Waals surface area contributed by atoms with Crippen molar-refractivity contribution in [3.05, 3.63) is 23.8 Å². The van der Waals surface area contributed by atoms with E-state index in [1.54, 1.807) is 0 Å². The number of thioether (sulfide) groups is 1. The lowest BCUT2D eigenvalue weighted by molar-refractivity contribution is -0.174. The Balaban J connectivity index is 1.45. The van der Waals surface area contributed by atoms with Crippen LogP contribution in [0.1, 0.15) is 52.4 Å². The van der Waals surface area contributed by atoms with Gasteiger partial charge >= 0.3 is 5.97 Å². The van der Waals surface area contributed by atoms with Crippen molar-refractivity contribution < 1.29 is 14.3 Å². The van der Waals surface area contributed by atoms with Crippen LogP contribution in [-0.2, 0) is 14.3 Å². The zero-order chi connectivity index (χ0) is 19.5. The van der Waals surface area contributed by atoms with E-state index >= 15 is 0 Å². The first-order valence-electron chi connectivity index (χ1n) is 11.0. The zero-order valence-corrected chi connectivity index (χ0v) is 17.9. The second-order valence-corrected chi connectivity index (χ2v) is 11.8. The molecule has 9 atom stereocenters. The number of esters is 1. The van der Waals surface area contributed by atoms with E-state index in [1.807, 2.05) is 23.9 Å². The monoisotopic (exact) mass is 398 g/mol. The number of ether oxygens (including phenoxy) is 1. The van der Waals surface area contributed by atoms with Crippen LogP contribution in [0.3, 0.4) is 0 Å². The fourth-order valence-corrected chi connectivity index (χ4v) is 9.75. The summed E-state index contributed by atoms with van der Waals surface area (Å²) in [5.41, 5.74) is 1.34. The number of carbonyl (C=O) groups excluding carboxylic acids is 2. The van der Waals surface area contributed by atoms with Crippen molar-refractivity contribution in [1.82, 2.24) is 0 Å². The minimum Gasteiger partial charge on any atom is -0.458 e. The van der Waals surface area contributed by atoms with Crippen LogP contribution < -0.4 is 0 Å². The van der Waals surface area contributed by atoms with Crippen molar-refractivity contribution in [2.75, 3.05) is 6.26 Å². The van der Waals surface area contributed by atoms with Crippen LogP contribution in [0.4, 0.5) is 0 Å². The van der Waals surface area contributed by atoms with E-state index in [1.165, 1.54) is 18.4 Å². The second kappa shape index (κ2) is 5.36. The quantitative estimate of drug-likeness (QED) is 0.607. The number of ketones is 1. The lowest BCUT2D eigenvalue weighted by Crippen LogP contribution is -2.59. The standard InChI is InChI=1S/C24H30O3S/c1-22-7-4-14(25)10-13(22)11-18(28-3)20-16(22)5-8-23(2)21(20)15-12-17(15)24(23)9-6-19(26)27-24/h4,7,10,15-18,20-21H,5-6,8-9,11-12H2,1-3H3. The minimum atomic E-state index is -0.178. The average molecular weight is 399 g/mol. The highest BCUT2D eigenvalue weighted by atomic mass is 32.2. The second-order valence-electron chi connectivity index (χ2n) is 10.7. The van der Waals surface area contributed by atoms with Gasteiger partial charge in [-0.05, 0) is 74.2 Å². The van der Waals surface area contributed by atoms with E-state index in [0.29, 0.717) is 35.3 Å². The molecule has 1 aliphatic heterocycles. The van der Waals surface area contributed by atoms with Crippen LogP contribution in [-0.4, -0.2) is 28.9 Å². The summed E-state index contributed by atoms with van der Waals surface area (Å²) >= 11 is 2.00. The smallest absolute Gasteiger partial charge is 0.306 e. The molecule has 0 aromatic heterocycles. The number of carbonyl (C=O) groups is 2. The molecule has 3 nitrogen and oxygen atoms in total. The van der Waals surface area contributed by atoms with Gasteiger partial charge in [-0.2, -0.15) is 11.8 Å². The predicted molar refractivity (Wildman–Crippen MR) is 110 cm³/mol. The molecule has 5 aliphatic carbocycles. The SMILES string of the molecule is CSC1CC2=CC(=O)C=CC2(C)C2CCC3(C)C(C4CC4C34CCC(=O)O4)C12. The van der Waals surface area contributed by atoms with Gasteiger partial charge in [0, 0.05) is 28.4 Å². The molecule has 9 unspecified atom stereocenters. The van der Waals surface area contributed by atoms with Crippen LogP contribution in [0.2, 0.25) is 0 Å². The normalized spacial score (nSPS) is 55.9. The molecule has 6 aliphatic rings. The van der Waals surface area contributed by atoms with Gasteiger partial charge in [0.2, 0.25) is 0 Å². The van der Waals surface area contributed by atoms with Gasteiger partial charge < -0.3 is 4.74 Å². The van der Waals surface area contributed by atoms with E-state index in [0.717, 1.165) is 25.2 Å². The van der Waals surface area contributed by atoms with E-state index in [-0.39, 0.29) is 28.2 Å². The molecule has 0 aromatic carbocycles. The maximum atomic E-state index is 12.2. The molecular formula is C24H30O3S. The number of rotatable bonds is 1. The molecule has 1 saturated heterocycles. The van der Waals surface area contributed by atoms with Crippen LogP contribution in [0.25, 0.3) is 0 Å². The lowest BCUT2D eigenvalue weighted by Gasteiger charge is -2.61. The summed E-state index contributed by atoms with van der Waals surface area (Å²) in [5.74, 6) is 3.44. The number of fused-ring (bicyclic) bond motifs is 9. The first-order valence-corrected chi connectivity index (χ1v) is 12.3. The Hall–Kier alpha value is -1.03. The Bertz CT molecular complexity index is 845. The van der Waals surface area contributed by atoms with Crippen molar-refractivity contribution >= 4 is 23.5 Å². The third kappa shape index (κ3) is 1.90. The van der Waals surface area contributed by atoms with Gasteiger partial charge in [0.25, 0.3) is 0 Å². The number of allylic oxidation sites excluding steroid dienone is 4. The van der Waals surface area contributed by atoms with Gasteiger partial charge in [0.15, 0.2) is 5.78 Å². The van der Waals surface area contributed by atoms with Gasteiger partial charge in [0.1, 0.15) is 5.60 Å². The topological polar surface area (TPSA) is 43.4 Å². The van der Waals surface area contributed by atoms with Gasteiger partial charge in [-0.25, -0.2) is 0 Å². The van der Waals surface area contributed by atoms with Gasteiger partial charge in [0.05, 0.1) is 0 Å². The van der Waals surface area contributed by atoms with Gasteiger partial charge in [-0.3, -0.25) is 9.59 Å². The van der Waals surface area contributed by atoms with Gasteiger partial charge in [-0.15, -0.1) is 0 Å². The zero-order valence-electron chi connectivity index (χ0n) is 17.1. The Kier molecular flexibility index (Phi) is 3.41. The summed E-state index contributed by atoms with van der Waals surface area (Å²) in [7, 11) is 0. The highest BCUT2D eigenvalue weighted by molar-refractivity contribution is 7.99. The van der Waals surface area contributed by atoms with Crippen molar-refractivity contribution in [1.29, 1.82) is 0 Å². The molecule has 1 heterocycles. The van der Waals surface area contributed by atoms with Crippen molar-refractivity contribution in [3.8, 4) is 0 Å². The third-order valence-corrected chi connectivity index (χ3v) is 11.1. The van der Waals surface area contributed by atoms with Crippen LogP contribution in [0, 0.1) is 40.4 Å². The highest BCUT2D eigenvalue weighted by Crippen LogP contribution is 2.79. The molecule has 0 aromatic rings. The molecule has 0 N–H and O–H groups in total. The van der Waals surface area contributed by atoms with E-state index < -0.39 is 0 Å². The molecule has 150 valence electrons. The largest absolute Gasteiger partial charge is 0.458 e. The van der Waals surface area contributed by atoms with E-state index in [9.17, 15) is 9.59 Å². The lowest BCUT2D eigenvalue weighted by atomic mass is 9.46. The molecule has 0 radical (unpaired) electrons. The summed E-state index contributed by atoms with van der Waals surface area (Å²) in [6, 6.07) is 0. The van der Waals surface area contributed by atoms with Crippen LogP contribution in [0.15, 0.2) is 23.8 Å². The molecule has 5 fully saturated rings. The number of hydrogen-bond acceptors (Lipinski definition) is 4. The first-order chi connectivity index (χ1) is 13.3. The molecule has 0 bridgehead atoms. The molecule has 28 heavy (non-hydrogen) atoms. The van der Waals surface area contributed by atoms with Crippen molar-refractivity contribution in [2.24, 2.45) is 40.4 Å². The van der Waals surface area contributed by atoms with Crippen molar-refractivity contribution in [3.63, 3.8) is 0 Å². The maximum Gasteiger partial charge on any atom is 0.306 e.